The van der Waals surface area contributed by atoms with Crippen molar-refractivity contribution in [1.82, 2.24) is 0 Å². The number of hydrogen-bond acceptors (Lipinski definition) is 2. The zero-order chi connectivity index (χ0) is 10.1. The fourth-order valence-electron chi connectivity index (χ4n) is 1.45. The lowest BCUT2D eigenvalue weighted by molar-refractivity contribution is 0.341. The van der Waals surface area contributed by atoms with Crippen molar-refractivity contribution in [2.45, 2.75) is 13.8 Å². The Kier molecular flexibility index (Phi) is 2.66. The van der Waals surface area contributed by atoms with Gasteiger partial charge in [-0.05, 0) is 32.0 Å². The summed E-state index contributed by atoms with van der Waals surface area (Å²) in [5.41, 5.74) is 0. The molecule has 1 nitrogen and oxygen atoms in total. The van der Waals surface area contributed by atoms with E-state index >= 15 is 0 Å². The molecule has 0 spiro atoms. The molecule has 14 heavy (non-hydrogen) atoms. The van der Waals surface area contributed by atoms with Gasteiger partial charge < -0.3 is 4.74 Å². The average Bonchev–Trinajstić information content (AvgIpc) is 2.52. The van der Waals surface area contributed by atoms with Crippen LogP contribution in [0, 0.1) is 6.92 Å². The minimum atomic E-state index is 0.647. The highest BCUT2D eigenvalue weighted by molar-refractivity contribution is 7.19. The Morgan fingerprint density at radius 3 is 2.93 bits per heavy atom. The van der Waals surface area contributed by atoms with E-state index in [0.717, 1.165) is 16.2 Å². The number of benzene rings is 1. The lowest BCUT2D eigenvalue weighted by atomic mass is 10.2. The molecule has 2 aromatic rings. The van der Waals surface area contributed by atoms with Gasteiger partial charge in [-0.25, -0.2) is 0 Å². The normalized spacial score (nSPS) is 10.8. The van der Waals surface area contributed by atoms with E-state index in [-0.39, 0.29) is 0 Å². The molecule has 0 unspecified atom stereocenters. The van der Waals surface area contributed by atoms with Crippen LogP contribution >= 0.6 is 22.9 Å². The summed E-state index contributed by atoms with van der Waals surface area (Å²) < 4.78 is 6.65. The zero-order valence-corrected chi connectivity index (χ0v) is 9.71. The SMILES string of the molecule is CCOc1ccc2sc(C)cc2c1Cl. The number of aryl methyl sites for hydroxylation is 1. The van der Waals surface area contributed by atoms with Crippen molar-refractivity contribution in [1.29, 1.82) is 0 Å². The van der Waals surface area contributed by atoms with E-state index in [0.29, 0.717) is 6.61 Å². The van der Waals surface area contributed by atoms with Gasteiger partial charge in [-0.2, -0.15) is 0 Å². The van der Waals surface area contributed by atoms with E-state index in [1.54, 1.807) is 11.3 Å². The molecular formula is C11H11ClOS. The van der Waals surface area contributed by atoms with Crippen LogP contribution in [0.15, 0.2) is 18.2 Å². The number of hydrogen-bond donors (Lipinski definition) is 0. The van der Waals surface area contributed by atoms with Gasteiger partial charge in [0.15, 0.2) is 0 Å². The third-order valence-electron chi connectivity index (χ3n) is 2.02. The molecule has 74 valence electrons. The molecule has 0 radical (unpaired) electrons. The summed E-state index contributed by atoms with van der Waals surface area (Å²) in [5, 5.41) is 1.83. The molecule has 3 heteroatoms. The van der Waals surface area contributed by atoms with Crippen molar-refractivity contribution >= 4 is 33.0 Å². The maximum absolute atomic E-state index is 6.22. The molecule has 0 bridgehead atoms. The van der Waals surface area contributed by atoms with Crippen molar-refractivity contribution in [3.05, 3.63) is 28.1 Å². The monoisotopic (exact) mass is 226 g/mol. The molecule has 0 aliphatic rings. The van der Waals surface area contributed by atoms with Gasteiger partial charge in [0.2, 0.25) is 0 Å². The summed E-state index contributed by atoms with van der Waals surface area (Å²) in [6.07, 6.45) is 0. The topological polar surface area (TPSA) is 9.23 Å². The summed E-state index contributed by atoms with van der Waals surface area (Å²) in [4.78, 5) is 1.27. The first-order valence-electron chi connectivity index (χ1n) is 4.54. The minimum absolute atomic E-state index is 0.647. The van der Waals surface area contributed by atoms with Crippen LogP contribution in [-0.4, -0.2) is 6.61 Å². The van der Waals surface area contributed by atoms with E-state index in [1.165, 1.54) is 9.58 Å². The van der Waals surface area contributed by atoms with Gasteiger partial charge in [0.05, 0.1) is 11.6 Å². The number of halogens is 1. The lowest BCUT2D eigenvalue weighted by Crippen LogP contribution is -1.91. The second-order valence-corrected chi connectivity index (χ2v) is 4.75. The Morgan fingerprint density at radius 2 is 2.21 bits per heavy atom. The Hall–Kier alpha value is -0.730. The molecule has 1 aromatic heterocycles. The Balaban J connectivity index is 2.61. The van der Waals surface area contributed by atoms with Gasteiger partial charge in [-0.15, -0.1) is 11.3 Å². The van der Waals surface area contributed by atoms with Crippen LogP contribution in [0.1, 0.15) is 11.8 Å². The fraction of sp³-hybridized carbons (Fsp3) is 0.273. The smallest absolute Gasteiger partial charge is 0.138 e. The second kappa shape index (κ2) is 3.79. The van der Waals surface area contributed by atoms with E-state index in [2.05, 4.69) is 19.1 Å². The number of rotatable bonds is 2. The highest BCUT2D eigenvalue weighted by Crippen LogP contribution is 2.36. The van der Waals surface area contributed by atoms with Crippen molar-refractivity contribution < 1.29 is 4.74 Å². The first kappa shape index (κ1) is 9.81. The number of fused-ring (bicyclic) bond motifs is 1. The Morgan fingerprint density at radius 1 is 1.43 bits per heavy atom. The van der Waals surface area contributed by atoms with Gasteiger partial charge in [-0.3, -0.25) is 0 Å². The first-order valence-corrected chi connectivity index (χ1v) is 5.73. The Bertz CT molecular complexity index is 462. The van der Waals surface area contributed by atoms with Gasteiger partial charge in [0.25, 0.3) is 0 Å². The molecule has 0 N–H and O–H groups in total. The molecule has 0 atom stereocenters. The molecule has 1 aromatic carbocycles. The van der Waals surface area contributed by atoms with Gasteiger partial charge in [-0.1, -0.05) is 11.6 Å². The summed E-state index contributed by atoms with van der Waals surface area (Å²) in [6.45, 7) is 4.69. The van der Waals surface area contributed by atoms with Crippen molar-refractivity contribution in [2.75, 3.05) is 6.61 Å². The van der Waals surface area contributed by atoms with Crippen LogP contribution in [-0.2, 0) is 0 Å². The predicted molar refractivity (Wildman–Crippen MR) is 62.7 cm³/mol. The minimum Gasteiger partial charge on any atom is -0.492 e. The quantitative estimate of drug-likeness (QED) is 0.744. The Labute approximate surface area is 92.3 Å². The van der Waals surface area contributed by atoms with E-state index in [4.69, 9.17) is 16.3 Å². The van der Waals surface area contributed by atoms with Crippen molar-refractivity contribution in [3.8, 4) is 5.75 Å². The molecule has 1 heterocycles. The first-order chi connectivity index (χ1) is 6.72. The van der Waals surface area contributed by atoms with E-state index in [9.17, 15) is 0 Å². The molecule has 0 saturated heterocycles. The maximum Gasteiger partial charge on any atom is 0.138 e. The van der Waals surface area contributed by atoms with Crippen molar-refractivity contribution in [2.24, 2.45) is 0 Å². The molecule has 0 aliphatic carbocycles. The third kappa shape index (κ3) is 1.60. The predicted octanol–water partition coefficient (Wildman–Crippen LogP) is 4.26. The summed E-state index contributed by atoms with van der Waals surface area (Å²) in [6, 6.07) is 6.10. The van der Waals surface area contributed by atoms with Gasteiger partial charge in [0, 0.05) is 15.0 Å². The van der Waals surface area contributed by atoms with Crippen LogP contribution in [0.2, 0.25) is 5.02 Å². The summed E-state index contributed by atoms with van der Waals surface area (Å²) in [7, 11) is 0. The molecular weight excluding hydrogens is 216 g/mol. The van der Waals surface area contributed by atoms with E-state index < -0.39 is 0 Å². The third-order valence-corrected chi connectivity index (χ3v) is 3.43. The van der Waals surface area contributed by atoms with Gasteiger partial charge >= 0.3 is 0 Å². The van der Waals surface area contributed by atoms with E-state index in [1.807, 2.05) is 13.0 Å². The second-order valence-electron chi connectivity index (χ2n) is 3.08. The standard InChI is InChI=1S/C11H11ClOS/c1-3-13-9-4-5-10-8(11(9)12)6-7(2)14-10/h4-6H,3H2,1-2H3. The number of thiophene rings is 1. The highest BCUT2D eigenvalue weighted by Gasteiger charge is 2.08. The van der Waals surface area contributed by atoms with Crippen LogP contribution in [0.4, 0.5) is 0 Å². The van der Waals surface area contributed by atoms with Crippen LogP contribution in [0.5, 0.6) is 5.75 Å². The average molecular weight is 227 g/mol. The largest absolute Gasteiger partial charge is 0.492 e. The number of ether oxygens (including phenoxy) is 1. The summed E-state index contributed by atoms with van der Waals surface area (Å²) >= 11 is 7.97. The maximum atomic E-state index is 6.22. The molecule has 0 saturated carbocycles. The van der Waals surface area contributed by atoms with Crippen LogP contribution < -0.4 is 4.74 Å². The molecule has 0 fully saturated rings. The molecule has 2 rings (SSSR count). The fourth-order valence-corrected chi connectivity index (χ4v) is 2.71. The molecule has 0 aliphatic heterocycles. The summed E-state index contributed by atoms with van der Waals surface area (Å²) in [5.74, 6) is 0.777. The van der Waals surface area contributed by atoms with Gasteiger partial charge in [0.1, 0.15) is 5.75 Å². The highest BCUT2D eigenvalue weighted by atomic mass is 35.5. The molecule has 0 amide bonds. The van der Waals surface area contributed by atoms with Crippen LogP contribution in [0.3, 0.4) is 0 Å². The lowest BCUT2D eigenvalue weighted by Gasteiger charge is -2.05. The van der Waals surface area contributed by atoms with Crippen molar-refractivity contribution in [3.63, 3.8) is 0 Å². The zero-order valence-electron chi connectivity index (χ0n) is 8.13. The van der Waals surface area contributed by atoms with Crippen LogP contribution in [0.25, 0.3) is 10.1 Å².